The summed E-state index contributed by atoms with van der Waals surface area (Å²) in [6.45, 7) is 0. The Morgan fingerprint density at radius 2 is 0.827 bits per heavy atom. The van der Waals surface area contributed by atoms with Crippen molar-refractivity contribution in [1.82, 2.24) is 19.1 Å². The van der Waals surface area contributed by atoms with Crippen LogP contribution < -0.4 is 0 Å². The quantitative estimate of drug-likeness (QED) is 0.182. The highest BCUT2D eigenvalue weighted by atomic mass is 19.1. The molecule has 0 unspecified atom stereocenters. The molecule has 10 aromatic rings. The Bertz CT molecular complexity index is 2900. The monoisotopic (exact) mass is 674 g/mol. The Morgan fingerprint density at radius 1 is 0.346 bits per heavy atom. The van der Waals surface area contributed by atoms with E-state index in [4.69, 9.17) is 9.97 Å². The molecule has 3 heterocycles. The Labute approximate surface area is 297 Å². The van der Waals surface area contributed by atoms with Gasteiger partial charge in [-0.2, -0.15) is 0 Å². The van der Waals surface area contributed by atoms with Crippen molar-refractivity contribution in [3.05, 3.63) is 181 Å². The summed E-state index contributed by atoms with van der Waals surface area (Å²) in [6, 6.07) is 54.9. The van der Waals surface area contributed by atoms with Crippen LogP contribution in [0.2, 0.25) is 0 Å². The number of para-hydroxylation sites is 3. The summed E-state index contributed by atoms with van der Waals surface area (Å²) in [5, 5.41) is 4.51. The van der Waals surface area contributed by atoms with Crippen molar-refractivity contribution < 1.29 is 8.78 Å². The van der Waals surface area contributed by atoms with Crippen LogP contribution >= 0.6 is 0 Å². The predicted molar refractivity (Wildman–Crippen MR) is 207 cm³/mol. The van der Waals surface area contributed by atoms with Crippen LogP contribution in [0.3, 0.4) is 0 Å². The van der Waals surface area contributed by atoms with Crippen LogP contribution in [0.25, 0.3) is 88.9 Å². The fourth-order valence-corrected chi connectivity index (χ4v) is 7.44. The number of nitrogens with zero attached hydrogens (tertiary/aromatic N) is 4. The molecule has 0 bridgehead atoms. The molecule has 0 aliphatic carbocycles. The zero-order valence-electron chi connectivity index (χ0n) is 27.7. The third kappa shape index (κ3) is 4.88. The number of hydrogen-bond donors (Lipinski definition) is 0. The molecule has 52 heavy (non-hydrogen) atoms. The summed E-state index contributed by atoms with van der Waals surface area (Å²) in [7, 11) is 0. The molecule has 0 aliphatic heterocycles. The van der Waals surface area contributed by atoms with Crippen LogP contribution in [0.1, 0.15) is 0 Å². The van der Waals surface area contributed by atoms with Crippen LogP contribution in [0.4, 0.5) is 8.78 Å². The van der Waals surface area contributed by atoms with E-state index < -0.39 is 0 Å². The summed E-state index contributed by atoms with van der Waals surface area (Å²) < 4.78 is 32.4. The molecule has 0 radical (unpaired) electrons. The van der Waals surface area contributed by atoms with Crippen molar-refractivity contribution in [3.63, 3.8) is 0 Å². The largest absolute Gasteiger partial charge is 0.309 e. The molecule has 0 saturated heterocycles. The van der Waals surface area contributed by atoms with Gasteiger partial charge in [-0.15, -0.1) is 0 Å². The Morgan fingerprint density at radius 3 is 1.48 bits per heavy atom. The maximum Gasteiger partial charge on any atom is 0.235 e. The molecule has 0 saturated carbocycles. The molecule has 10 rings (SSSR count). The van der Waals surface area contributed by atoms with E-state index in [0.29, 0.717) is 17.3 Å². The third-order valence-electron chi connectivity index (χ3n) is 9.89. The van der Waals surface area contributed by atoms with E-state index in [9.17, 15) is 8.78 Å². The van der Waals surface area contributed by atoms with Gasteiger partial charge in [-0.25, -0.2) is 18.7 Å². The summed E-state index contributed by atoms with van der Waals surface area (Å²) in [5.74, 6) is -0.185. The fraction of sp³-hybridized carbons (Fsp3) is 0. The first-order valence-corrected chi connectivity index (χ1v) is 17.1. The standard InChI is InChI=1S/C46H28F2N4/c47-33-20-14-29(15-21-33)40-28-41(30-16-22-34(48)23-17-30)50-46(49-40)52-43-13-7-4-10-36(43)38-24-18-32(27-45(38)52)31-19-25-44-39(26-31)37-11-5-6-12-42(37)51(44)35-8-2-1-3-9-35/h1-28H. The number of benzene rings is 7. The predicted octanol–water partition coefficient (Wildman–Crippen LogP) is 11.9. The number of hydrogen-bond acceptors (Lipinski definition) is 2. The maximum absolute atomic E-state index is 14.0. The van der Waals surface area contributed by atoms with Crippen molar-refractivity contribution in [2.45, 2.75) is 0 Å². The minimum Gasteiger partial charge on any atom is -0.309 e. The Hall–Kier alpha value is -6.92. The van der Waals surface area contributed by atoms with Gasteiger partial charge in [-0.3, -0.25) is 4.57 Å². The highest BCUT2D eigenvalue weighted by molar-refractivity contribution is 6.12. The zero-order valence-corrected chi connectivity index (χ0v) is 27.7. The van der Waals surface area contributed by atoms with Gasteiger partial charge in [0.2, 0.25) is 5.95 Å². The Kier molecular flexibility index (Phi) is 6.83. The number of fused-ring (bicyclic) bond motifs is 6. The fourth-order valence-electron chi connectivity index (χ4n) is 7.44. The summed E-state index contributed by atoms with van der Waals surface area (Å²) in [5.41, 5.74) is 10.2. The summed E-state index contributed by atoms with van der Waals surface area (Å²) in [6.07, 6.45) is 0. The minimum absolute atomic E-state index is 0.325. The second-order valence-corrected chi connectivity index (χ2v) is 13.0. The molecule has 0 amide bonds. The lowest BCUT2D eigenvalue weighted by Crippen LogP contribution is -2.04. The first-order chi connectivity index (χ1) is 25.6. The molecule has 0 fully saturated rings. The van der Waals surface area contributed by atoms with Crippen LogP contribution in [-0.4, -0.2) is 19.1 Å². The number of aromatic nitrogens is 4. The van der Waals surface area contributed by atoms with E-state index >= 15 is 0 Å². The highest BCUT2D eigenvalue weighted by Crippen LogP contribution is 2.38. The van der Waals surface area contributed by atoms with Crippen LogP contribution in [0.5, 0.6) is 0 Å². The molecule has 4 nitrogen and oxygen atoms in total. The van der Waals surface area contributed by atoms with E-state index in [1.165, 1.54) is 35.0 Å². The highest BCUT2D eigenvalue weighted by Gasteiger charge is 2.19. The molecule has 0 N–H and O–H groups in total. The molecule has 6 heteroatoms. The number of halogens is 2. The molecule has 0 spiro atoms. The van der Waals surface area contributed by atoms with Gasteiger partial charge in [0.25, 0.3) is 0 Å². The second kappa shape index (κ2) is 11.9. The van der Waals surface area contributed by atoms with Crippen LogP contribution in [-0.2, 0) is 0 Å². The normalized spacial score (nSPS) is 11.7. The van der Waals surface area contributed by atoms with E-state index in [-0.39, 0.29) is 11.6 Å². The van der Waals surface area contributed by atoms with E-state index in [2.05, 4.69) is 106 Å². The van der Waals surface area contributed by atoms with Gasteiger partial charge in [0.1, 0.15) is 11.6 Å². The molecule has 3 aromatic heterocycles. The van der Waals surface area contributed by atoms with Crippen molar-refractivity contribution in [2.24, 2.45) is 0 Å². The van der Waals surface area contributed by atoms with Gasteiger partial charge in [0.15, 0.2) is 0 Å². The van der Waals surface area contributed by atoms with Gasteiger partial charge < -0.3 is 4.57 Å². The summed E-state index contributed by atoms with van der Waals surface area (Å²) in [4.78, 5) is 10.2. The second-order valence-electron chi connectivity index (χ2n) is 13.0. The lowest BCUT2D eigenvalue weighted by atomic mass is 10.0. The van der Waals surface area contributed by atoms with Crippen molar-refractivity contribution in [2.75, 3.05) is 0 Å². The third-order valence-corrected chi connectivity index (χ3v) is 9.89. The average molecular weight is 675 g/mol. The lowest BCUT2D eigenvalue weighted by Gasteiger charge is -2.12. The lowest BCUT2D eigenvalue weighted by molar-refractivity contribution is 0.627. The zero-order chi connectivity index (χ0) is 34.8. The SMILES string of the molecule is Fc1ccc(-c2cc(-c3ccc(F)cc3)nc(-n3c4ccccc4c4ccc(-c5ccc6c(c5)c5ccccc5n6-c5ccccc5)cc43)n2)cc1. The topological polar surface area (TPSA) is 35.6 Å². The molecule has 7 aromatic carbocycles. The van der Waals surface area contributed by atoms with E-state index in [0.717, 1.165) is 60.8 Å². The molecule has 0 aliphatic rings. The molecule has 246 valence electrons. The molecular formula is C46H28F2N4. The van der Waals surface area contributed by atoms with Crippen molar-refractivity contribution >= 4 is 43.6 Å². The number of rotatable bonds is 5. The molecular weight excluding hydrogens is 647 g/mol. The first kappa shape index (κ1) is 29.9. The van der Waals surface area contributed by atoms with Crippen LogP contribution in [0, 0.1) is 11.6 Å². The van der Waals surface area contributed by atoms with Gasteiger partial charge in [-0.05, 0) is 108 Å². The summed E-state index contributed by atoms with van der Waals surface area (Å²) >= 11 is 0. The minimum atomic E-state index is -0.325. The average Bonchev–Trinajstić information content (AvgIpc) is 3.71. The van der Waals surface area contributed by atoms with Gasteiger partial charge in [0, 0.05) is 38.4 Å². The smallest absolute Gasteiger partial charge is 0.235 e. The van der Waals surface area contributed by atoms with E-state index in [1.807, 2.05) is 24.3 Å². The van der Waals surface area contributed by atoms with Gasteiger partial charge in [-0.1, -0.05) is 72.8 Å². The van der Waals surface area contributed by atoms with Crippen molar-refractivity contribution in [1.29, 1.82) is 0 Å². The van der Waals surface area contributed by atoms with E-state index in [1.54, 1.807) is 24.3 Å². The van der Waals surface area contributed by atoms with Crippen LogP contribution in [0.15, 0.2) is 170 Å². The molecule has 0 atom stereocenters. The first-order valence-electron chi connectivity index (χ1n) is 17.1. The van der Waals surface area contributed by atoms with Gasteiger partial charge in [0.05, 0.1) is 33.5 Å². The Balaban J connectivity index is 1.20. The maximum atomic E-state index is 14.0. The van der Waals surface area contributed by atoms with Gasteiger partial charge >= 0.3 is 0 Å². The van der Waals surface area contributed by atoms with Crippen molar-refractivity contribution in [3.8, 4) is 45.3 Å².